The SMILES string of the molecule is CC(C1CCCCC1F)(C1CCCCC1F)P(=O)(O)O. The Morgan fingerprint density at radius 3 is 1.55 bits per heavy atom. The molecule has 0 heterocycles. The third kappa shape index (κ3) is 2.82. The molecule has 2 aliphatic rings. The van der Waals surface area contributed by atoms with Gasteiger partial charge in [-0.05, 0) is 32.6 Å². The van der Waals surface area contributed by atoms with E-state index in [1.807, 2.05) is 0 Å². The van der Waals surface area contributed by atoms with Crippen molar-refractivity contribution in [3.8, 4) is 0 Å². The van der Waals surface area contributed by atoms with E-state index in [2.05, 4.69) is 0 Å². The second-order valence-corrected chi connectivity index (χ2v) is 8.64. The Morgan fingerprint density at radius 1 is 0.900 bits per heavy atom. The van der Waals surface area contributed by atoms with Gasteiger partial charge in [0.15, 0.2) is 0 Å². The Bertz CT molecular complexity index is 363. The van der Waals surface area contributed by atoms with E-state index in [-0.39, 0.29) is 0 Å². The van der Waals surface area contributed by atoms with Crippen molar-refractivity contribution in [3.05, 3.63) is 0 Å². The fourth-order valence-electron chi connectivity index (χ4n) is 4.19. The van der Waals surface area contributed by atoms with E-state index in [0.29, 0.717) is 25.7 Å². The van der Waals surface area contributed by atoms with Gasteiger partial charge in [0.25, 0.3) is 0 Å². The highest BCUT2D eigenvalue weighted by Gasteiger charge is 2.58. The molecular formula is C14H25F2O3P. The molecule has 2 rings (SSSR count). The number of halogens is 2. The van der Waals surface area contributed by atoms with Crippen LogP contribution in [0, 0.1) is 11.8 Å². The maximum atomic E-state index is 14.3. The zero-order valence-electron chi connectivity index (χ0n) is 12.0. The summed E-state index contributed by atoms with van der Waals surface area (Å²) in [5.41, 5.74) is 0. The highest BCUT2D eigenvalue weighted by Crippen LogP contribution is 2.63. The van der Waals surface area contributed by atoms with Crippen LogP contribution in [0.4, 0.5) is 8.78 Å². The first-order chi connectivity index (χ1) is 9.28. The molecule has 0 aliphatic heterocycles. The van der Waals surface area contributed by atoms with Crippen molar-refractivity contribution in [2.24, 2.45) is 11.8 Å². The van der Waals surface area contributed by atoms with Crippen molar-refractivity contribution in [1.29, 1.82) is 0 Å². The Morgan fingerprint density at radius 2 is 1.25 bits per heavy atom. The van der Waals surface area contributed by atoms with Gasteiger partial charge in [-0.2, -0.15) is 0 Å². The van der Waals surface area contributed by atoms with Crippen molar-refractivity contribution in [2.45, 2.75) is 75.8 Å². The Labute approximate surface area is 119 Å². The summed E-state index contributed by atoms with van der Waals surface area (Å²) in [6.45, 7) is 1.43. The molecule has 0 spiro atoms. The van der Waals surface area contributed by atoms with Gasteiger partial charge in [0, 0.05) is 11.8 Å². The van der Waals surface area contributed by atoms with Gasteiger partial charge in [-0.1, -0.05) is 25.7 Å². The summed E-state index contributed by atoms with van der Waals surface area (Å²) in [7, 11) is -4.58. The van der Waals surface area contributed by atoms with Gasteiger partial charge in [0.1, 0.15) is 12.3 Å². The zero-order valence-corrected chi connectivity index (χ0v) is 12.9. The number of alkyl halides is 2. The fraction of sp³-hybridized carbons (Fsp3) is 1.00. The molecule has 3 nitrogen and oxygen atoms in total. The standard InChI is InChI=1S/C14H25F2O3P/c1-14(20(17,18)19,10-6-2-4-8-12(10)15)11-7-3-5-9-13(11)16/h10-13H,2-9H2,1H3,(H2,17,18,19). The molecule has 2 saturated carbocycles. The van der Waals surface area contributed by atoms with Gasteiger partial charge in [-0.15, -0.1) is 0 Å². The average molecular weight is 310 g/mol. The fourth-order valence-corrected chi connectivity index (χ4v) is 5.64. The van der Waals surface area contributed by atoms with Gasteiger partial charge in [0.05, 0.1) is 5.16 Å². The molecule has 118 valence electrons. The first kappa shape index (κ1) is 16.4. The van der Waals surface area contributed by atoms with Gasteiger partial charge in [-0.25, -0.2) is 8.78 Å². The van der Waals surface area contributed by atoms with Crippen molar-refractivity contribution in [1.82, 2.24) is 0 Å². The van der Waals surface area contributed by atoms with E-state index >= 15 is 0 Å². The van der Waals surface area contributed by atoms with Crippen LogP contribution >= 0.6 is 7.60 Å². The summed E-state index contributed by atoms with van der Waals surface area (Å²) >= 11 is 0. The molecule has 0 aromatic carbocycles. The van der Waals surface area contributed by atoms with Crippen molar-refractivity contribution < 1.29 is 23.1 Å². The minimum atomic E-state index is -4.58. The topological polar surface area (TPSA) is 57.5 Å². The van der Waals surface area contributed by atoms with Crippen LogP contribution in [-0.4, -0.2) is 27.3 Å². The number of rotatable bonds is 3. The predicted molar refractivity (Wildman–Crippen MR) is 74.2 cm³/mol. The summed E-state index contributed by atoms with van der Waals surface area (Å²) in [5, 5.41) is -1.56. The first-order valence-electron chi connectivity index (χ1n) is 7.62. The molecular weight excluding hydrogens is 285 g/mol. The van der Waals surface area contributed by atoms with E-state index < -0.39 is 36.9 Å². The van der Waals surface area contributed by atoms with Crippen LogP contribution in [0.2, 0.25) is 0 Å². The molecule has 4 unspecified atom stereocenters. The Hall–Kier alpha value is 0.01000. The van der Waals surface area contributed by atoms with E-state index in [1.54, 1.807) is 0 Å². The molecule has 0 radical (unpaired) electrons. The molecule has 0 saturated heterocycles. The van der Waals surface area contributed by atoms with E-state index in [1.165, 1.54) is 6.92 Å². The lowest BCUT2D eigenvalue weighted by atomic mass is 9.68. The van der Waals surface area contributed by atoms with E-state index in [0.717, 1.165) is 25.7 Å². The molecule has 4 atom stereocenters. The summed E-state index contributed by atoms with van der Waals surface area (Å²) in [4.78, 5) is 19.7. The van der Waals surface area contributed by atoms with Crippen LogP contribution in [0.3, 0.4) is 0 Å². The van der Waals surface area contributed by atoms with Gasteiger partial charge in [0.2, 0.25) is 0 Å². The highest BCUT2D eigenvalue weighted by atomic mass is 31.2. The highest BCUT2D eigenvalue weighted by molar-refractivity contribution is 7.53. The van der Waals surface area contributed by atoms with Crippen LogP contribution in [0.1, 0.15) is 58.3 Å². The predicted octanol–water partition coefficient (Wildman–Crippen LogP) is 3.98. The molecule has 0 amide bonds. The first-order valence-corrected chi connectivity index (χ1v) is 9.23. The molecule has 20 heavy (non-hydrogen) atoms. The molecule has 2 fully saturated rings. The maximum absolute atomic E-state index is 14.3. The quantitative estimate of drug-likeness (QED) is 0.775. The summed E-state index contributed by atoms with van der Waals surface area (Å²) in [5.74, 6) is -1.45. The third-order valence-electron chi connectivity index (χ3n) is 5.49. The molecule has 0 bridgehead atoms. The third-order valence-corrected chi connectivity index (χ3v) is 7.41. The molecule has 2 aliphatic carbocycles. The smallest absolute Gasteiger partial charge is 0.324 e. The molecule has 0 aromatic heterocycles. The van der Waals surface area contributed by atoms with E-state index in [9.17, 15) is 23.1 Å². The van der Waals surface area contributed by atoms with Crippen LogP contribution in [0.25, 0.3) is 0 Å². The van der Waals surface area contributed by atoms with Gasteiger partial charge in [-0.3, -0.25) is 4.57 Å². The lowest BCUT2D eigenvalue weighted by molar-refractivity contribution is 0.0402. The Balaban J connectivity index is 2.36. The minimum absolute atomic E-state index is 0.337. The lowest BCUT2D eigenvalue weighted by Crippen LogP contribution is -2.51. The molecule has 6 heteroatoms. The van der Waals surface area contributed by atoms with Gasteiger partial charge >= 0.3 is 7.60 Å². The lowest BCUT2D eigenvalue weighted by Gasteiger charge is -2.48. The Kier molecular flexibility index (Phi) is 4.93. The monoisotopic (exact) mass is 310 g/mol. The average Bonchev–Trinajstić information content (AvgIpc) is 2.37. The van der Waals surface area contributed by atoms with Crippen molar-refractivity contribution >= 4 is 7.60 Å². The number of hydrogen-bond donors (Lipinski definition) is 2. The second kappa shape index (κ2) is 6.02. The van der Waals surface area contributed by atoms with Crippen LogP contribution in [0.15, 0.2) is 0 Å². The molecule has 2 N–H and O–H groups in total. The minimum Gasteiger partial charge on any atom is -0.324 e. The summed E-state index contributed by atoms with van der Waals surface area (Å²) in [6, 6.07) is 0. The zero-order chi connectivity index (χ0) is 15.0. The van der Waals surface area contributed by atoms with Gasteiger partial charge < -0.3 is 9.79 Å². The van der Waals surface area contributed by atoms with Crippen LogP contribution < -0.4 is 0 Å². The van der Waals surface area contributed by atoms with Crippen LogP contribution in [0.5, 0.6) is 0 Å². The van der Waals surface area contributed by atoms with Crippen LogP contribution in [-0.2, 0) is 4.57 Å². The maximum Gasteiger partial charge on any atom is 0.332 e. The normalized spacial score (nSPS) is 39.2. The summed E-state index contributed by atoms with van der Waals surface area (Å²) in [6.07, 6.45) is 2.16. The van der Waals surface area contributed by atoms with Crippen molar-refractivity contribution in [3.63, 3.8) is 0 Å². The van der Waals surface area contributed by atoms with Crippen molar-refractivity contribution in [2.75, 3.05) is 0 Å². The number of hydrogen-bond acceptors (Lipinski definition) is 1. The largest absolute Gasteiger partial charge is 0.332 e. The second-order valence-electron chi connectivity index (χ2n) is 6.58. The van der Waals surface area contributed by atoms with E-state index in [4.69, 9.17) is 0 Å². The molecule has 0 aromatic rings. The summed E-state index contributed by atoms with van der Waals surface area (Å²) < 4.78 is 40.7.